The van der Waals surface area contributed by atoms with E-state index in [4.69, 9.17) is 9.47 Å². The molecule has 6 nitrogen and oxygen atoms in total. The number of fused-ring (bicyclic) bond motifs is 2. The highest BCUT2D eigenvalue weighted by Gasteiger charge is 2.23. The van der Waals surface area contributed by atoms with Gasteiger partial charge in [-0.2, -0.15) is 0 Å². The zero-order chi connectivity index (χ0) is 20.3. The van der Waals surface area contributed by atoms with E-state index >= 15 is 0 Å². The molecule has 0 radical (unpaired) electrons. The highest BCUT2D eigenvalue weighted by Crippen LogP contribution is 2.36. The Balaban J connectivity index is 1.68. The summed E-state index contributed by atoms with van der Waals surface area (Å²) >= 11 is 0. The van der Waals surface area contributed by atoms with Gasteiger partial charge in [-0.1, -0.05) is 18.2 Å². The van der Waals surface area contributed by atoms with Gasteiger partial charge in [0.2, 0.25) is 5.88 Å². The number of benzene rings is 1. The molecule has 0 spiro atoms. The van der Waals surface area contributed by atoms with E-state index in [0.717, 1.165) is 28.1 Å². The summed E-state index contributed by atoms with van der Waals surface area (Å²) < 4.78 is 11.2. The third-order valence-corrected chi connectivity index (χ3v) is 5.06. The van der Waals surface area contributed by atoms with E-state index in [9.17, 15) is 9.59 Å². The fraction of sp³-hybridized carbons (Fsp3) is 0.409. The van der Waals surface area contributed by atoms with Crippen molar-refractivity contribution in [3.63, 3.8) is 0 Å². The smallest absolute Gasteiger partial charge is 0.313 e. The molecule has 2 aromatic rings. The third kappa shape index (κ3) is 4.16. The standard InChI is InChI=1S/C22H26N2O4/c1-5-24(6-2)20(25)13-27-22(26)15(4)16-9-10-19-18(11-16)12-17-8-7-14(3)23-21(17)28-19/h7-11,15H,5-6,12-13H2,1-4H3. The van der Waals surface area contributed by atoms with Crippen molar-refractivity contribution in [2.24, 2.45) is 0 Å². The summed E-state index contributed by atoms with van der Waals surface area (Å²) in [6, 6.07) is 9.67. The number of carbonyl (C=O) groups excluding carboxylic acids is 2. The van der Waals surface area contributed by atoms with Gasteiger partial charge in [0.1, 0.15) is 5.75 Å². The Morgan fingerprint density at radius 3 is 2.64 bits per heavy atom. The molecule has 0 bridgehead atoms. The minimum absolute atomic E-state index is 0.177. The molecule has 2 heterocycles. The van der Waals surface area contributed by atoms with Crippen molar-refractivity contribution < 1.29 is 19.1 Å². The maximum Gasteiger partial charge on any atom is 0.313 e. The van der Waals surface area contributed by atoms with E-state index in [1.165, 1.54) is 0 Å². The highest BCUT2D eigenvalue weighted by atomic mass is 16.5. The summed E-state index contributed by atoms with van der Waals surface area (Å²) in [5.74, 6) is 0.347. The fourth-order valence-corrected chi connectivity index (χ4v) is 3.26. The maximum absolute atomic E-state index is 12.4. The molecule has 1 aromatic heterocycles. The number of likely N-dealkylation sites (N-methyl/N-ethyl adjacent to an activating group) is 1. The number of hydrogen-bond acceptors (Lipinski definition) is 5. The van der Waals surface area contributed by atoms with Crippen LogP contribution in [0.1, 0.15) is 49.1 Å². The molecule has 148 valence electrons. The molecule has 1 unspecified atom stereocenters. The molecule has 0 saturated carbocycles. The highest BCUT2D eigenvalue weighted by molar-refractivity contribution is 5.83. The van der Waals surface area contributed by atoms with Gasteiger partial charge in [-0.15, -0.1) is 0 Å². The number of hydrogen-bond donors (Lipinski definition) is 0. The average Bonchev–Trinajstić information content (AvgIpc) is 2.70. The second-order valence-corrected chi connectivity index (χ2v) is 6.96. The van der Waals surface area contributed by atoms with Gasteiger partial charge in [0.25, 0.3) is 5.91 Å². The van der Waals surface area contributed by atoms with E-state index in [1.54, 1.807) is 11.8 Å². The second kappa shape index (κ2) is 8.42. The van der Waals surface area contributed by atoms with Crippen LogP contribution in [-0.2, 0) is 20.7 Å². The molecule has 6 heteroatoms. The minimum atomic E-state index is -0.465. The van der Waals surface area contributed by atoms with E-state index in [2.05, 4.69) is 4.98 Å². The Hall–Kier alpha value is -2.89. The Bertz CT molecular complexity index is 890. The molecular weight excluding hydrogens is 356 g/mol. The van der Waals surface area contributed by atoms with Crippen molar-refractivity contribution in [1.29, 1.82) is 0 Å². The van der Waals surface area contributed by atoms with Crippen molar-refractivity contribution >= 4 is 11.9 Å². The summed E-state index contributed by atoms with van der Waals surface area (Å²) in [5, 5.41) is 0. The molecule has 0 fully saturated rings. The van der Waals surface area contributed by atoms with E-state index in [-0.39, 0.29) is 12.5 Å². The summed E-state index contributed by atoms with van der Waals surface area (Å²) in [6.45, 7) is 8.49. The molecule has 3 rings (SSSR count). The van der Waals surface area contributed by atoms with Crippen LogP contribution in [0.4, 0.5) is 0 Å². The van der Waals surface area contributed by atoms with Crippen molar-refractivity contribution in [3.8, 4) is 11.6 Å². The fourth-order valence-electron chi connectivity index (χ4n) is 3.26. The zero-order valence-corrected chi connectivity index (χ0v) is 16.8. The normalized spacial score (nSPS) is 13.0. The first-order valence-corrected chi connectivity index (χ1v) is 9.64. The molecular formula is C22H26N2O4. The van der Waals surface area contributed by atoms with Crippen molar-refractivity contribution in [1.82, 2.24) is 9.88 Å². The number of aryl methyl sites for hydroxylation is 1. The lowest BCUT2D eigenvalue weighted by Crippen LogP contribution is -2.34. The van der Waals surface area contributed by atoms with Crippen LogP contribution in [0.2, 0.25) is 0 Å². The lowest BCUT2D eigenvalue weighted by Gasteiger charge is -2.22. The summed E-state index contributed by atoms with van der Waals surface area (Å²) in [7, 11) is 0. The van der Waals surface area contributed by atoms with Gasteiger partial charge in [-0.05, 0) is 51.0 Å². The number of pyridine rings is 1. The van der Waals surface area contributed by atoms with Gasteiger partial charge in [0.15, 0.2) is 6.61 Å². The van der Waals surface area contributed by atoms with Crippen LogP contribution >= 0.6 is 0 Å². The van der Waals surface area contributed by atoms with Gasteiger partial charge in [0.05, 0.1) is 5.92 Å². The number of esters is 1. The number of rotatable bonds is 6. The molecule has 0 saturated heterocycles. The molecule has 0 N–H and O–H groups in total. The summed E-state index contributed by atoms with van der Waals surface area (Å²) in [5.41, 5.74) is 3.78. The Labute approximate surface area is 165 Å². The van der Waals surface area contributed by atoms with Crippen LogP contribution in [0.15, 0.2) is 30.3 Å². The SMILES string of the molecule is CCN(CC)C(=O)COC(=O)C(C)c1ccc2c(c1)Cc1ccc(C)nc1O2. The van der Waals surface area contributed by atoms with Crippen LogP contribution in [0.5, 0.6) is 11.6 Å². The molecule has 1 atom stereocenters. The number of ether oxygens (including phenoxy) is 2. The van der Waals surface area contributed by atoms with Crippen molar-refractivity contribution in [3.05, 3.63) is 52.7 Å². The summed E-state index contributed by atoms with van der Waals surface area (Å²) in [4.78, 5) is 30.5. The number of nitrogens with zero attached hydrogens (tertiary/aromatic N) is 2. The topological polar surface area (TPSA) is 68.7 Å². The van der Waals surface area contributed by atoms with E-state index < -0.39 is 11.9 Å². The quantitative estimate of drug-likeness (QED) is 0.609. The van der Waals surface area contributed by atoms with Gasteiger partial charge in [0, 0.05) is 30.8 Å². The van der Waals surface area contributed by atoms with Crippen LogP contribution in [-0.4, -0.2) is 41.5 Å². The van der Waals surface area contributed by atoms with Crippen molar-refractivity contribution in [2.75, 3.05) is 19.7 Å². The summed E-state index contributed by atoms with van der Waals surface area (Å²) in [6.07, 6.45) is 0.702. The largest absolute Gasteiger partial charge is 0.455 e. The van der Waals surface area contributed by atoms with Gasteiger partial charge >= 0.3 is 5.97 Å². The number of aromatic nitrogens is 1. The van der Waals surface area contributed by atoms with Crippen LogP contribution < -0.4 is 4.74 Å². The molecule has 1 amide bonds. The molecule has 0 aliphatic carbocycles. The van der Waals surface area contributed by atoms with Gasteiger partial charge < -0.3 is 14.4 Å². The molecule has 1 aliphatic rings. The van der Waals surface area contributed by atoms with Gasteiger partial charge in [-0.3, -0.25) is 9.59 Å². The first kappa shape index (κ1) is 19.9. The lowest BCUT2D eigenvalue weighted by atomic mass is 9.95. The predicted octanol–water partition coefficient (Wildman–Crippen LogP) is 3.60. The Morgan fingerprint density at radius 1 is 1.18 bits per heavy atom. The first-order chi connectivity index (χ1) is 13.4. The first-order valence-electron chi connectivity index (χ1n) is 9.64. The molecule has 28 heavy (non-hydrogen) atoms. The third-order valence-electron chi connectivity index (χ3n) is 5.06. The van der Waals surface area contributed by atoms with Crippen LogP contribution in [0.3, 0.4) is 0 Å². The number of amides is 1. The molecule has 1 aliphatic heterocycles. The number of carbonyl (C=O) groups is 2. The average molecular weight is 382 g/mol. The van der Waals surface area contributed by atoms with Crippen LogP contribution in [0.25, 0.3) is 0 Å². The maximum atomic E-state index is 12.4. The van der Waals surface area contributed by atoms with Crippen LogP contribution in [0, 0.1) is 6.92 Å². The zero-order valence-electron chi connectivity index (χ0n) is 16.8. The molecule has 1 aromatic carbocycles. The minimum Gasteiger partial charge on any atom is -0.455 e. The van der Waals surface area contributed by atoms with Gasteiger partial charge in [-0.25, -0.2) is 4.98 Å². The Morgan fingerprint density at radius 2 is 1.93 bits per heavy atom. The van der Waals surface area contributed by atoms with E-state index in [0.29, 0.717) is 25.4 Å². The lowest BCUT2D eigenvalue weighted by molar-refractivity contribution is -0.152. The van der Waals surface area contributed by atoms with Crippen molar-refractivity contribution in [2.45, 2.75) is 40.0 Å². The monoisotopic (exact) mass is 382 g/mol. The second-order valence-electron chi connectivity index (χ2n) is 6.96. The Kier molecular flexibility index (Phi) is 5.97. The van der Waals surface area contributed by atoms with E-state index in [1.807, 2.05) is 51.1 Å². The predicted molar refractivity (Wildman–Crippen MR) is 106 cm³/mol.